The van der Waals surface area contributed by atoms with Crippen LogP contribution in [-0.4, -0.2) is 46.5 Å². The van der Waals surface area contributed by atoms with Crippen LogP contribution in [0.1, 0.15) is 12.0 Å². The number of carbonyl (C=O) groups excluding carboxylic acids is 1. The van der Waals surface area contributed by atoms with Crippen LogP contribution in [0, 0.1) is 0 Å². The van der Waals surface area contributed by atoms with Gasteiger partial charge in [0, 0.05) is 26.3 Å². The molecule has 0 aliphatic carbocycles. The molecule has 0 aromatic heterocycles. The van der Waals surface area contributed by atoms with Crippen LogP contribution in [0.2, 0.25) is 0 Å². The van der Waals surface area contributed by atoms with E-state index in [4.69, 9.17) is 4.74 Å². The lowest BCUT2D eigenvalue weighted by Crippen LogP contribution is -2.34. The average molecular weight is 316 g/mol. The van der Waals surface area contributed by atoms with E-state index in [0.717, 1.165) is 9.87 Å². The summed E-state index contributed by atoms with van der Waals surface area (Å²) in [5.74, 6) is -0.461. The Hall–Kier alpha value is -1.64. The van der Waals surface area contributed by atoms with Crippen LogP contribution in [0.3, 0.4) is 0 Å². The zero-order valence-corrected chi connectivity index (χ0v) is 13.1. The van der Waals surface area contributed by atoms with Crippen molar-refractivity contribution in [2.75, 3.05) is 32.5 Å². The first-order valence-electron chi connectivity index (χ1n) is 6.28. The fraction of sp³-hybridized carbons (Fsp3) is 0.462. The Morgan fingerprint density at radius 2 is 1.95 bits per heavy atom. The third-order valence-corrected chi connectivity index (χ3v) is 4.31. The average Bonchev–Trinajstić information content (AvgIpc) is 2.46. The molecule has 0 unspecified atom stereocenters. The number of carbonyl (C=O) groups is 1. The van der Waals surface area contributed by atoms with Crippen molar-refractivity contribution in [2.24, 2.45) is 0 Å². The van der Waals surface area contributed by atoms with E-state index in [1.54, 1.807) is 24.3 Å². The second kappa shape index (κ2) is 7.96. The zero-order valence-electron chi connectivity index (χ0n) is 12.3. The number of benzene rings is 1. The minimum absolute atomic E-state index is 0.00632. The van der Waals surface area contributed by atoms with Gasteiger partial charge in [0.1, 0.15) is 0 Å². The fourth-order valence-corrected chi connectivity index (χ4v) is 2.55. The Morgan fingerprint density at radius 3 is 2.57 bits per heavy atom. The number of nitrogens with zero attached hydrogens (tertiary/aromatic N) is 1. The van der Waals surface area contributed by atoms with Gasteiger partial charge in [-0.05, 0) is 6.07 Å². The Kier molecular flexibility index (Phi) is 6.60. The molecule has 0 atom stereocenters. The predicted octanol–water partition coefficient (Wildman–Crippen LogP) is 0.985. The Morgan fingerprint density at radius 1 is 1.29 bits per heavy atom. The van der Waals surface area contributed by atoms with E-state index in [9.17, 15) is 13.2 Å². The minimum Gasteiger partial charge on any atom is -0.469 e. The lowest BCUT2D eigenvalue weighted by atomic mass is 10.2. The van der Waals surface area contributed by atoms with Gasteiger partial charge in [-0.3, -0.25) is 9.52 Å². The molecule has 0 radical (unpaired) electrons. The molecule has 0 saturated carbocycles. The van der Waals surface area contributed by atoms with Crippen LogP contribution >= 0.6 is 0 Å². The standard InChI is InChI=1S/C13H20N2O5S/c1-15(9-8-13(16)20-3)21(17,18)14-12-7-5-4-6-11(12)10-19-2/h4-7,14H,8-10H2,1-3H3. The van der Waals surface area contributed by atoms with E-state index in [-0.39, 0.29) is 13.0 Å². The minimum atomic E-state index is -3.74. The summed E-state index contributed by atoms with van der Waals surface area (Å²) in [7, 11) is 0.451. The number of rotatable bonds is 8. The van der Waals surface area contributed by atoms with Crippen LogP contribution < -0.4 is 4.72 Å². The van der Waals surface area contributed by atoms with Gasteiger partial charge in [0.2, 0.25) is 0 Å². The molecule has 1 N–H and O–H groups in total. The quantitative estimate of drug-likeness (QED) is 0.723. The molecule has 0 spiro atoms. The van der Waals surface area contributed by atoms with E-state index in [1.165, 1.54) is 21.3 Å². The summed E-state index contributed by atoms with van der Waals surface area (Å²) in [6.07, 6.45) is -0.00632. The normalized spacial score (nSPS) is 11.4. The Balaban J connectivity index is 2.78. The summed E-state index contributed by atoms with van der Waals surface area (Å²) in [6.45, 7) is 0.332. The van der Waals surface area contributed by atoms with Crippen molar-refractivity contribution in [3.8, 4) is 0 Å². The molecule has 7 nitrogen and oxygen atoms in total. The molecular weight excluding hydrogens is 296 g/mol. The maximum Gasteiger partial charge on any atom is 0.306 e. The number of para-hydroxylation sites is 1. The van der Waals surface area contributed by atoms with Crippen molar-refractivity contribution in [3.05, 3.63) is 29.8 Å². The smallest absolute Gasteiger partial charge is 0.306 e. The molecule has 0 heterocycles. The first kappa shape index (κ1) is 17.4. The van der Waals surface area contributed by atoms with Crippen LogP contribution in [0.25, 0.3) is 0 Å². The molecule has 1 aromatic carbocycles. The molecular formula is C13H20N2O5S. The van der Waals surface area contributed by atoms with Crippen LogP contribution in [0.15, 0.2) is 24.3 Å². The molecule has 0 aliphatic rings. The highest BCUT2D eigenvalue weighted by Crippen LogP contribution is 2.18. The largest absolute Gasteiger partial charge is 0.469 e. The maximum atomic E-state index is 12.2. The number of ether oxygens (including phenoxy) is 2. The zero-order chi connectivity index (χ0) is 15.9. The van der Waals surface area contributed by atoms with Crippen molar-refractivity contribution in [2.45, 2.75) is 13.0 Å². The van der Waals surface area contributed by atoms with Gasteiger partial charge in [0.05, 0.1) is 25.8 Å². The number of nitrogens with one attached hydrogen (secondary N) is 1. The summed E-state index contributed by atoms with van der Waals surface area (Å²) in [6, 6.07) is 6.95. The van der Waals surface area contributed by atoms with Gasteiger partial charge in [0.25, 0.3) is 0 Å². The van der Waals surface area contributed by atoms with Crippen LogP contribution in [-0.2, 0) is 31.1 Å². The molecule has 0 aliphatic heterocycles. The number of anilines is 1. The molecule has 8 heteroatoms. The summed E-state index contributed by atoms with van der Waals surface area (Å²) in [5, 5.41) is 0. The third-order valence-electron chi connectivity index (χ3n) is 2.82. The SMILES string of the molecule is COCc1ccccc1NS(=O)(=O)N(C)CCC(=O)OC. The van der Waals surface area contributed by atoms with Crippen molar-refractivity contribution < 1.29 is 22.7 Å². The Bertz CT molecular complexity index is 574. The van der Waals surface area contributed by atoms with Gasteiger partial charge in [-0.25, -0.2) is 0 Å². The van der Waals surface area contributed by atoms with E-state index in [2.05, 4.69) is 9.46 Å². The molecule has 1 aromatic rings. The maximum absolute atomic E-state index is 12.2. The summed E-state index contributed by atoms with van der Waals surface area (Å²) < 4.78 is 37.4. The topological polar surface area (TPSA) is 84.9 Å². The number of esters is 1. The molecule has 0 bridgehead atoms. The highest BCUT2D eigenvalue weighted by Gasteiger charge is 2.19. The van der Waals surface area contributed by atoms with Crippen molar-refractivity contribution >= 4 is 21.9 Å². The number of hydrogen-bond acceptors (Lipinski definition) is 5. The molecule has 0 saturated heterocycles. The molecule has 1 rings (SSSR count). The van der Waals surface area contributed by atoms with Crippen LogP contribution in [0.4, 0.5) is 5.69 Å². The van der Waals surface area contributed by atoms with Gasteiger partial charge in [0.15, 0.2) is 0 Å². The van der Waals surface area contributed by atoms with Gasteiger partial charge >= 0.3 is 16.2 Å². The highest BCUT2D eigenvalue weighted by molar-refractivity contribution is 7.90. The lowest BCUT2D eigenvalue weighted by molar-refractivity contribution is -0.140. The monoisotopic (exact) mass is 316 g/mol. The van der Waals surface area contributed by atoms with E-state index in [1.807, 2.05) is 0 Å². The van der Waals surface area contributed by atoms with Gasteiger partial charge in [-0.15, -0.1) is 0 Å². The van der Waals surface area contributed by atoms with Gasteiger partial charge < -0.3 is 9.47 Å². The Labute approximate surface area is 125 Å². The van der Waals surface area contributed by atoms with E-state index in [0.29, 0.717) is 12.3 Å². The fourth-order valence-electron chi connectivity index (χ4n) is 1.59. The van der Waals surface area contributed by atoms with Crippen molar-refractivity contribution in [1.82, 2.24) is 4.31 Å². The first-order valence-corrected chi connectivity index (χ1v) is 7.72. The predicted molar refractivity (Wildman–Crippen MR) is 79.0 cm³/mol. The molecule has 0 amide bonds. The van der Waals surface area contributed by atoms with Crippen molar-refractivity contribution in [1.29, 1.82) is 0 Å². The molecule has 118 valence electrons. The van der Waals surface area contributed by atoms with Gasteiger partial charge in [-0.1, -0.05) is 18.2 Å². The molecule has 21 heavy (non-hydrogen) atoms. The number of hydrogen-bond donors (Lipinski definition) is 1. The second-order valence-electron chi connectivity index (χ2n) is 4.34. The van der Waals surface area contributed by atoms with Crippen molar-refractivity contribution in [3.63, 3.8) is 0 Å². The van der Waals surface area contributed by atoms with E-state index >= 15 is 0 Å². The third kappa shape index (κ3) is 5.33. The van der Waals surface area contributed by atoms with Gasteiger partial charge in [-0.2, -0.15) is 12.7 Å². The first-order chi connectivity index (χ1) is 9.90. The highest BCUT2D eigenvalue weighted by atomic mass is 32.2. The molecule has 0 fully saturated rings. The summed E-state index contributed by atoms with van der Waals surface area (Å²) >= 11 is 0. The summed E-state index contributed by atoms with van der Waals surface area (Å²) in [4.78, 5) is 11.1. The second-order valence-corrected chi connectivity index (χ2v) is 6.12. The summed E-state index contributed by atoms with van der Waals surface area (Å²) in [5.41, 5.74) is 1.18. The number of methoxy groups -OCH3 is 2. The van der Waals surface area contributed by atoms with Crippen LogP contribution in [0.5, 0.6) is 0 Å². The lowest BCUT2D eigenvalue weighted by Gasteiger charge is -2.19. The van der Waals surface area contributed by atoms with E-state index < -0.39 is 16.2 Å².